The lowest BCUT2D eigenvalue weighted by atomic mass is 10.1. The van der Waals surface area contributed by atoms with Crippen molar-refractivity contribution in [3.63, 3.8) is 0 Å². The van der Waals surface area contributed by atoms with Crippen molar-refractivity contribution in [1.82, 2.24) is 15.5 Å². The number of unbranched alkanes of at least 4 members (excludes halogenated alkanes) is 1. The number of aliphatic imine (C=N–C) groups is 1. The molecule has 0 amide bonds. The van der Waals surface area contributed by atoms with Gasteiger partial charge in [0.25, 0.3) is 0 Å². The lowest BCUT2D eigenvalue weighted by Crippen LogP contribution is -2.47. The molecule has 2 unspecified atom stereocenters. The lowest BCUT2D eigenvalue weighted by molar-refractivity contribution is 0.133. The van der Waals surface area contributed by atoms with Gasteiger partial charge in [0.1, 0.15) is 0 Å². The van der Waals surface area contributed by atoms with Crippen LogP contribution in [0, 0.1) is 5.92 Å². The minimum absolute atomic E-state index is 0. The highest BCUT2D eigenvalue weighted by Gasteiger charge is 2.31. The van der Waals surface area contributed by atoms with Crippen LogP contribution in [0.25, 0.3) is 0 Å². The molecule has 0 saturated carbocycles. The zero-order valence-electron chi connectivity index (χ0n) is 18.0. The number of likely N-dealkylation sites (tertiary alicyclic amines) is 1. The van der Waals surface area contributed by atoms with Gasteiger partial charge >= 0.3 is 0 Å². The van der Waals surface area contributed by atoms with E-state index in [0.717, 1.165) is 58.1 Å². The lowest BCUT2D eigenvalue weighted by Gasteiger charge is -2.22. The fraction of sp³-hybridized carbons (Fsp3) is 0.682. The van der Waals surface area contributed by atoms with Crippen LogP contribution >= 0.6 is 24.0 Å². The summed E-state index contributed by atoms with van der Waals surface area (Å²) in [6, 6.07) is 11.6. The Bertz CT molecular complexity index is 553. The van der Waals surface area contributed by atoms with Crippen molar-refractivity contribution in [1.29, 1.82) is 0 Å². The van der Waals surface area contributed by atoms with E-state index in [2.05, 4.69) is 65.6 Å². The Hall–Kier alpha value is -0.860. The topological polar surface area (TPSA) is 48.9 Å². The predicted octanol–water partition coefficient (Wildman–Crippen LogP) is 3.54. The molecule has 2 N–H and O–H groups in total. The van der Waals surface area contributed by atoms with E-state index in [-0.39, 0.29) is 24.0 Å². The van der Waals surface area contributed by atoms with Crippen LogP contribution in [-0.2, 0) is 11.2 Å². The molecule has 1 saturated heterocycles. The SMILES string of the molecule is CN=C(NCCCCOCCc1ccccc1)NC1CN(C(C)C)CC1C.I. The fourth-order valence-electron chi connectivity index (χ4n) is 3.46. The Morgan fingerprint density at radius 1 is 1.18 bits per heavy atom. The zero-order chi connectivity index (χ0) is 19.5. The second-order valence-corrected chi connectivity index (χ2v) is 7.83. The summed E-state index contributed by atoms with van der Waals surface area (Å²) in [6.45, 7) is 11.7. The highest BCUT2D eigenvalue weighted by atomic mass is 127. The van der Waals surface area contributed by atoms with Gasteiger partial charge in [0.05, 0.1) is 6.61 Å². The first-order valence-corrected chi connectivity index (χ1v) is 10.4. The van der Waals surface area contributed by atoms with Gasteiger partial charge in [-0.2, -0.15) is 0 Å². The normalized spacial score (nSPS) is 20.2. The number of benzene rings is 1. The molecule has 5 nitrogen and oxygen atoms in total. The monoisotopic (exact) mass is 502 g/mol. The van der Waals surface area contributed by atoms with Crippen LogP contribution in [0.3, 0.4) is 0 Å². The summed E-state index contributed by atoms with van der Waals surface area (Å²) in [6.07, 6.45) is 3.15. The van der Waals surface area contributed by atoms with Gasteiger partial charge in [0, 0.05) is 45.4 Å². The summed E-state index contributed by atoms with van der Waals surface area (Å²) >= 11 is 0. The second kappa shape index (κ2) is 14.2. The van der Waals surface area contributed by atoms with Gasteiger partial charge in [-0.3, -0.25) is 9.89 Å². The standard InChI is InChI=1S/C22H38N4O.HI/c1-18(2)26-16-19(3)21(17-26)25-22(23-4)24-13-8-9-14-27-15-12-20-10-6-5-7-11-20;/h5-7,10-11,18-19,21H,8-9,12-17H2,1-4H3,(H2,23,24,25);1H. The molecule has 1 fully saturated rings. The summed E-state index contributed by atoms with van der Waals surface area (Å²) < 4.78 is 5.75. The number of halogens is 1. The molecular weight excluding hydrogens is 463 g/mol. The van der Waals surface area contributed by atoms with Crippen LogP contribution in [0.4, 0.5) is 0 Å². The van der Waals surface area contributed by atoms with Gasteiger partial charge in [0.2, 0.25) is 0 Å². The first-order valence-electron chi connectivity index (χ1n) is 10.4. The maximum Gasteiger partial charge on any atom is 0.191 e. The fourth-order valence-corrected chi connectivity index (χ4v) is 3.46. The molecule has 2 atom stereocenters. The number of nitrogens with one attached hydrogen (secondary N) is 2. The predicted molar refractivity (Wildman–Crippen MR) is 130 cm³/mol. The Balaban J connectivity index is 0.00000392. The third-order valence-corrected chi connectivity index (χ3v) is 5.30. The van der Waals surface area contributed by atoms with Gasteiger partial charge in [-0.05, 0) is 44.6 Å². The Labute approximate surface area is 188 Å². The van der Waals surface area contributed by atoms with Crippen molar-refractivity contribution in [2.75, 3.05) is 39.9 Å². The van der Waals surface area contributed by atoms with E-state index in [1.54, 1.807) is 0 Å². The first-order chi connectivity index (χ1) is 13.1. The molecule has 0 aromatic heterocycles. The van der Waals surface area contributed by atoms with E-state index in [1.165, 1.54) is 5.56 Å². The molecule has 1 aliphatic rings. The smallest absolute Gasteiger partial charge is 0.191 e. The zero-order valence-corrected chi connectivity index (χ0v) is 20.3. The van der Waals surface area contributed by atoms with Crippen LogP contribution in [0.1, 0.15) is 39.2 Å². The molecular formula is C22H39IN4O. The van der Waals surface area contributed by atoms with Gasteiger partial charge in [-0.15, -0.1) is 24.0 Å². The minimum Gasteiger partial charge on any atom is -0.381 e. The largest absolute Gasteiger partial charge is 0.381 e. The van der Waals surface area contributed by atoms with Gasteiger partial charge in [-0.25, -0.2) is 0 Å². The average Bonchev–Trinajstić information content (AvgIpc) is 3.04. The number of rotatable bonds is 10. The minimum atomic E-state index is 0. The maximum absolute atomic E-state index is 5.75. The van der Waals surface area contributed by atoms with Gasteiger partial charge < -0.3 is 15.4 Å². The van der Waals surface area contributed by atoms with E-state index in [1.807, 2.05) is 13.1 Å². The van der Waals surface area contributed by atoms with Crippen molar-refractivity contribution in [3.05, 3.63) is 35.9 Å². The van der Waals surface area contributed by atoms with E-state index >= 15 is 0 Å². The highest BCUT2D eigenvalue weighted by Crippen LogP contribution is 2.18. The molecule has 1 aromatic carbocycles. The van der Waals surface area contributed by atoms with Gasteiger partial charge in [0.15, 0.2) is 5.96 Å². The summed E-state index contributed by atoms with van der Waals surface area (Å²) in [4.78, 5) is 6.91. The average molecular weight is 502 g/mol. The van der Waals surface area contributed by atoms with Crippen molar-refractivity contribution in [2.45, 2.75) is 52.1 Å². The molecule has 1 aromatic rings. The van der Waals surface area contributed by atoms with Crippen LogP contribution in [-0.4, -0.2) is 62.8 Å². The molecule has 6 heteroatoms. The third-order valence-electron chi connectivity index (χ3n) is 5.30. The number of hydrogen-bond acceptors (Lipinski definition) is 3. The second-order valence-electron chi connectivity index (χ2n) is 7.83. The van der Waals surface area contributed by atoms with Crippen molar-refractivity contribution < 1.29 is 4.74 Å². The van der Waals surface area contributed by atoms with E-state index < -0.39 is 0 Å². The highest BCUT2D eigenvalue weighted by molar-refractivity contribution is 14.0. The molecule has 2 rings (SSSR count). The number of guanidine groups is 1. The Kier molecular flexibility index (Phi) is 12.7. The van der Waals surface area contributed by atoms with Crippen LogP contribution in [0.2, 0.25) is 0 Å². The van der Waals surface area contributed by atoms with Crippen LogP contribution < -0.4 is 10.6 Å². The number of nitrogens with zero attached hydrogens (tertiary/aromatic N) is 2. The molecule has 1 heterocycles. The number of ether oxygens (including phenoxy) is 1. The third kappa shape index (κ3) is 9.09. The summed E-state index contributed by atoms with van der Waals surface area (Å²) in [7, 11) is 1.85. The van der Waals surface area contributed by atoms with Gasteiger partial charge in [-0.1, -0.05) is 37.3 Å². The number of hydrogen-bond donors (Lipinski definition) is 2. The molecule has 0 radical (unpaired) electrons. The van der Waals surface area contributed by atoms with Crippen molar-refractivity contribution in [2.24, 2.45) is 10.9 Å². The van der Waals surface area contributed by atoms with E-state index in [9.17, 15) is 0 Å². The molecule has 160 valence electrons. The van der Waals surface area contributed by atoms with Crippen molar-refractivity contribution >= 4 is 29.9 Å². The summed E-state index contributed by atoms with van der Waals surface area (Å²) in [5, 5.41) is 7.04. The summed E-state index contributed by atoms with van der Waals surface area (Å²) in [5.41, 5.74) is 1.34. The first kappa shape index (κ1) is 25.2. The molecule has 0 bridgehead atoms. The Morgan fingerprint density at radius 2 is 1.93 bits per heavy atom. The Morgan fingerprint density at radius 3 is 2.57 bits per heavy atom. The quantitative estimate of drug-likeness (QED) is 0.223. The molecule has 0 aliphatic carbocycles. The van der Waals surface area contributed by atoms with Crippen molar-refractivity contribution in [3.8, 4) is 0 Å². The van der Waals surface area contributed by atoms with Crippen LogP contribution in [0.15, 0.2) is 35.3 Å². The van der Waals surface area contributed by atoms with Crippen LogP contribution in [0.5, 0.6) is 0 Å². The van der Waals surface area contributed by atoms with E-state index in [4.69, 9.17) is 4.74 Å². The van der Waals surface area contributed by atoms with E-state index in [0.29, 0.717) is 18.0 Å². The maximum atomic E-state index is 5.75. The summed E-state index contributed by atoms with van der Waals surface area (Å²) in [5.74, 6) is 1.56. The molecule has 1 aliphatic heterocycles. The molecule has 0 spiro atoms. The molecule has 28 heavy (non-hydrogen) atoms.